The van der Waals surface area contributed by atoms with Gasteiger partial charge in [-0.25, -0.2) is 4.98 Å². The molecule has 1 aliphatic heterocycles. The van der Waals surface area contributed by atoms with Gasteiger partial charge in [0, 0.05) is 29.9 Å². The minimum absolute atomic E-state index is 0.0578. The summed E-state index contributed by atoms with van der Waals surface area (Å²) in [6.45, 7) is 6.95. The van der Waals surface area contributed by atoms with E-state index in [1.165, 1.54) is 16.8 Å². The van der Waals surface area contributed by atoms with E-state index in [0.717, 1.165) is 35.4 Å². The molecule has 2 heterocycles. The molecule has 33 heavy (non-hydrogen) atoms. The quantitative estimate of drug-likeness (QED) is 0.331. The molecule has 0 spiro atoms. The molecular weight excluding hydrogens is 402 g/mol. The Morgan fingerprint density at radius 1 is 0.909 bits per heavy atom. The molecule has 1 aromatic heterocycles. The molecular formula is C30H28N3+. The lowest BCUT2D eigenvalue weighted by molar-refractivity contribution is -0.761. The average molecular weight is 431 g/mol. The molecule has 0 saturated heterocycles. The molecule has 0 fully saturated rings. The first-order chi connectivity index (χ1) is 16.1. The van der Waals surface area contributed by atoms with Crippen LogP contribution in [0.3, 0.4) is 0 Å². The van der Waals surface area contributed by atoms with Crippen LogP contribution in [0.5, 0.6) is 0 Å². The molecule has 3 heteroatoms. The summed E-state index contributed by atoms with van der Waals surface area (Å²) in [5, 5.41) is 9.46. The molecule has 0 saturated carbocycles. The first kappa shape index (κ1) is 21.1. The molecule has 3 nitrogen and oxygen atoms in total. The second kappa shape index (κ2) is 8.30. The fraction of sp³-hybridized carbons (Fsp3) is 0.233. The summed E-state index contributed by atoms with van der Waals surface area (Å²) in [6.07, 6.45) is 4.26. The standard InChI is InChI=1S/C30H28N3/c1-4-30(5-2)21(3)25-16-9-10-17-26(25)29-28(23-13-7-6-8-14-23)32-27(20-33(29)30)24-15-11-12-22(18-24)19-31/h6-18,20-21H,4-5H2,1-3H3/q+1. The van der Waals surface area contributed by atoms with Crippen LogP contribution in [0.2, 0.25) is 0 Å². The summed E-state index contributed by atoms with van der Waals surface area (Å²) >= 11 is 0. The van der Waals surface area contributed by atoms with Gasteiger partial charge in [-0.3, -0.25) is 0 Å². The van der Waals surface area contributed by atoms with Gasteiger partial charge < -0.3 is 0 Å². The third-order valence-electron chi connectivity index (χ3n) is 7.48. The van der Waals surface area contributed by atoms with Crippen LogP contribution in [-0.4, -0.2) is 4.98 Å². The summed E-state index contributed by atoms with van der Waals surface area (Å²) in [7, 11) is 0. The maximum atomic E-state index is 9.46. The normalized spacial score (nSPS) is 15.9. The van der Waals surface area contributed by atoms with Gasteiger partial charge in [0.15, 0.2) is 11.7 Å². The maximum Gasteiger partial charge on any atom is 0.239 e. The zero-order chi connectivity index (χ0) is 23.0. The summed E-state index contributed by atoms with van der Waals surface area (Å²) in [4.78, 5) is 5.23. The van der Waals surface area contributed by atoms with Gasteiger partial charge >= 0.3 is 0 Å². The van der Waals surface area contributed by atoms with Crippen molar-refractivity contribution < 1.29 is 4.57 Å². The molecule has 1 aliphatic rings. The zero-order valence-electron chi connectivity index (χ0n) is 19.4. The Hall–Kier alpha value is -3.77. The number of benzene rings is 3. The molecule has 1 atom stereocenters. The van der Waals surface area contributed by atoms with Crippen LogP contribution in [-0.2, 0) is 5.54 Å². The van der Waals surface area contributed by atoms with Crippen LogP contribution in [0.15, 0.2) is 85.1 Å². The SMILES string of the molecule is CCC1(CC)C(C)c2ccccc2-c2c(-c3ccccc3)nc(-c3cccc(C#N)c3)c[n+]21. The highest BCUT2D eigenvalue weighted by Gasteiger charge is 2.50. The topological polar surface area (TPSA) is 40.6 Å². The number of fused-ring (bicyclic) bond motifs is 3. The van der Waals surface area contributed by atoms with Crippen LogP contribution < -0.4 is 4.57 Å². The van der Waals surface area contributed by atoms with E-state index in [1.807, 2.05) is 30.3 Å². The van der Waals surface area contributed by atoms with Crippen LogP contribution in [0.25, 0.3) is 33.8 Å². The fourth-order valence-electron chi connectivity index (χ4n) is 5.59. The second-order valence-corrected chi connectivity index (χ2v) is 8.87. The predicted octanol–water partition coefficient (Wildman–Crippen LogP) is 6.87. The monoisotopic (exact) mass is 430 g/mol. The maximum absolute atomic E-state index is 9.46. The lowest BCUT2D eigenvalue weighted by Crippen LogP contribution is -2.62. The van der Waals surface area contributed by atoms with Crippen LogP contribution in [0, 0.1) is 11.3 Å². The molecule has 3 aromatic carbocycles. The van der Waals surface area contributed by atoms with Crippen LogP contribution >= 0.6 is 0 Å². The molecule has 0 N–H and O–H groups in total. The second-order valence-electron chi connectivity index (χ2n) is 8.87. The Bertz CT molecular complexity index is 1360. The van der Waals surface area contributed by atoms with Gasteiger partial charge in [-0.1, -0.05) is 81.4 Å². The number of nitriles is 1. The van der Waals surface area contributed by atoms with E-state index in [0.29, 0.717) is 11.5 Å². The van der Waals surface area contributed by atoms with E-state index in [9.17, 15) is 5.26 Å². The largest absolute Gasteiger partial charge is 0.239 e. The van der Waals surface area contributed by atoms with Gasteiger partial charge in [-0.05, 0) is 23.8 Å². The van der Waals surface area contributed by atoms with Crippen molar-refractivity contribution in [2.45, 2.75) is 45.1 Å². The third kappa shape index (κ3) is 3.26. The summed E-state index contributed by atoms with van der Waals surface area (Å²) in [5.41, 5.74) is 8.36. The Kier molecular flexibility index (Phi) is 5.30. The van der Waals surface area contributed by atoms with E-state index in [2.05, 4.69) is 86.1 Å². The van der Waals surface area contributed by atoms with Gasteiger partial charge in [-0.2, -0.15) is 9.83 Å². The van der Waals surface area contributed by atoms with Gasteiger partial charge in [0.2, 0.25) is 5.69 Å². The molecule has 0 amide bonds. The van der Waals surface area contributed by atoms with Crippen molar-refractivity contribution in [3.8, 4) is 39.8 Å². The first-order valence-electron chi connectivity index (χ1n) is 11.8. The molecule has 5 rings (SSSR count). The van der Waals surface area contributed by atoms with E-state index in [-0.39, 0.29) is 5.54 Å². The van der Waals surface area contributed by atoms with Crippen molar-refractivity contribution >= 4 is 0 Å². The molecule has 162 valence electrons. The smallest absolute Gasteiger partial charge is 0.234 e. The highest BCUT2D eigenvalue weighted by atomic mass is 15.1. The molecule has 0 radical (unpaired) electrons. The van der Waals surface area contributed by atoms with E-state index in [1.54, 1.807) is 0 Å². The predicted molar refractivity (Wildman–Crippen MR) is 132 cm³/mol. The Morgan fingerprint density at radius 2 is 1.61 bits per heavy atom. The van der Waals surface area contributed by atoms with Crippen molar-refractivity contribution in [2.75, 3.05) is 0 Å². The minimum Gasteiger partial charge on any atom is -0.234 e. The Morgan fingerprint density at radius 3 is 2.33 bits per heavy atom. The van der Waals surface area contributed by atoms with E-state index in [4.69, 9.17) is 4.98 Å². The van der Waals surface area contributed by atoms with Crippen molar-refractivity contribution in [3.05, 3.63) is 96.2 Å². The Balaban J connectivity index is 1.91. The van der Waals surface area contributed by atoms with Crippen LogP contribution in [0.1, 0.15) is 50.7 Å². The summed E-state index contributed by atoms with van der Waals surface area (Å²) < 4.78 is 2.50. The molecule has 4 aromatic rings. The van der Waals surface area contributed by atoms with Crippen molar-refractivity contribution in [3.63, 3.8) is 0 Å². The average Bonchev–Trinajstić information content (AvgIpc) is 2.89. The highest BCUT2D eigenvalue weighted by molar-refractivity contribution is 5.80. The van der Waals surface area contributed by atoms with Crippen LogP contribution in [0.4, 0.5) is 0 Å². The summed E-state index contributed by atoms with van der Waals surface area (Å²) in [5.74, 6) is 0.366. The number of nitrogens with zero attached hydrogens (tertiary/aromatic N) is 3. The fourth-order valence-corrected chi connectivity index (χ4v) is 5.59. The molecule has 1 unspecified atom stereocenters. The van der Waals surface area contributed by atoms with Gasteiger partial charge in [0.05, 0.1) is 17.2 Å². The molecule has 0 aliphatic carbocycles. The zero-order valence-corrected chi connectivity index (χ0v) is 19.4. The van der Waals surface area contributed by atoms with E-state index < -0.39 is 0 Å². The van der Waals surface area contributed by atoms with Gasteiger partial charge in [0.1, 0.15) is 11.4 Å². The molecule has 0 bridgehead atoms. The Labute approximate surface area is 196 Å². The third-order valence-corrected chi connectivity index (χ3v) is 7.48. The lowest BCUT2D eigenvalue weighted by atomic mass is 9.71. The first-order valence-corrected chi connectivity index (χ1v) is 11.8. The van der Waals surface area contributed by atoms with Crippen molar-refractivity contribution in [1.29, 1.82) is 5.26 Å². The lowest BCUT2D eigenvalue weighted by Gasteiger charge is -2.39. The van der Waals surface area contributed by atoms with Gasteiger partial charge in [0.25, 0.3) is 0 Å². The number of hydrogen-bond acceptors (Lipinski definition) is 2. The van der Waals surface area contributed by atoms with Gasteiger partial charge in [-0.15, -0.1) is 0 Å². The summed E-state index contributed by atoms with van der Waals surface area (Å²) in [6, 6.07) is 29.3. The van der Waals surface area contributed by atoms with Crippen molar-refractivity contribution in [1.82, 2.24) is 4.98 Å². The minimum atomic E-state index is -0.0578. The number of hydrogen-bond donors (Lipinski definition) is 0. The number of aromatic nitrogens is 2. The van der Waals surface area contributed by atoms with Crippen molar-refractivity contribution in [2.24, 2.45) is 0 Å². The highest BCUT2D eigenvalue weighted by Crippen LogP contribution is 2.47. The van der Waals surface area contributed by atoms with E-state index >= 15 is 0 Å². The number of rotatable bonds is 4.